The molecule has 0 radical (unpaired) electrons. The lowest BCUT2D eigenvalue weighted by atomic mass is 10.0. The van der Waals surface area contributed by atoms with E-state index in [9.17, 15) is 0 Å². The molecule has 0 saturated heterocycles. The molecule has 0 heteroatoms. The van der Waals surface area contributed by atoms with Gasteiger partial charge in [-0.3, -0.25) is 0 Å². The van der Waals surface area contributed by atoms with Crippen LogP contribution in [-0.4, -0.2) is 0 Å². The van der Waals surface area contributed by atoms with Crippen molar-refractivity contribution in [1.29, 1.82) is 0 Å². The van der Waals surface area contributed by atoms with Crippen molar-refractivity contribution in [1.82, 2.24) is 0 Å². The first-order valence-corrected chi connectivity index (χ1v) is 5.27. The van der Waals surface area contributed by atoms with Crippen molar-refractivity contribution in [3.05, 3.63) is 36.5 Å². The molecule has 0 rings (SSSR count). The summed E-state index contributed by atoms with van der Waals surface area (Å²) in [6.07, 6.45) is 7.25. The fourth-order valence-electron chi connectivity index (χ4n) is 1.17. The van der Waals surface area contributed by atoms with Crippen molar-refractivity contribution in [2.45, 2.75) is 47.0 Å². The van der Waals surface area contributed by atoms with Gasteiger partial charge in [0.25, 0.3) is 0 Å². The summed E-state index contributed by atoms with van der Waals surface area (Å²) in [6, 6.07) is 0. The lowest BCUT2D eigenvalue weighted by Crippen LogP contribution is -1.84. The first kappa shape index (κ1) is 14.7. The molecule has 0 amide bonds. The van der Waals surface area contributed by atoms with Crippen LogP contribution in [-0.2, 0) is 0 Å². The third-order valence-electron chi connectivity index (χ3n) is 1.81. The topological polar surface area (TPSA) is 0 Å². The quantitative estimate of drug-likeness (QED) is 0.528. The largest absolute Gasteiger partial charge is 0.0988 e. The van der Waals surface area contributed by atoms with Gasteiger partial charge >= 0.3 is 0 Å². The van der Waals surface area contributed by atoms with E-state index in [1.807, 2.05) is 26.0 Å². The maximum absolute atomic E-state index is 3.79. The number of rotatable bonds is 5. The molecule has 0 aliphatic heterocycles. The molecule has 76 valence electrons. The van der Waals surface area contributed by atoms with E-state index in [4.69, 9.17) is 0 Å². The van der Waals surface area contributed by atoms with E-state index < -0.39 is 0 Å². The van der Waals surface area contributed by atoms with Crippen LogP contribution >= 0.6 is 0 Å². The van der Waals surface area contributed by atoms with Crippen LogP contribution in [0.4, 0.5) is 0 Å². The van der Waals surface area contributed by atoms with E-state index >= 15 is 0 Å². The van der Waals surface area contributed by atoms with Gasteiger partial charge in [0.2, 0.25) is 0 Å². The second-order valence-electron chi connectivity index (χ2n) is 2.56. The summed E-state index contributed by atoms with van der Waals surface area (Å²) in [5.41, 5.74) is 2.69. The fraction of sp³-hybridized carbons (Fsp3) is 0.538. The molecule has 0 aromatic heterocycles. The Morgan fingerprint density at radius 2 is 1.46 bits per heavy atom. The summed E-state index contributed by atoms with van der Waals surface area (Å²) >= 11 is 0. The van der Waals surface area contributed by atoms with Crippen LogP contribution in [0.25, 0.3) is 0 Å². The smallest absolute Gasteiger partial charge is 0.0279 e. The van der Waals surface area contributed by atoms with Gasteiger partial charge < -0.3 is 0 Å². The highest BCUT2D eigenvalue weighted by atomic mass is 14.0. The first-order valence-electron chi connectivity index (χ1n) is 5.27. The molecule has 0 unspecified atom stereocenters. The predicted octanol–water partition coefficient (Wildman–Crippen LogP) is 4.89. The van der Waals surface area contributed by atoms with Crippen molar-refractivity contribution < 1.29 is 0 Å². The van der Waals surface area contributed by atoms with E-state index in [1.54, 1.807) is 0 Å². The minimum Gasteiger partial charge on any atom is -0.0988 e. The van der Waals surface area contributed by atoms with Gasteiger partial charge in [-0.1, -0.05) is 59.4 Å². The first-order chi connectivity index (χ1) is 6.29. The minimum absolute atomic E-state index is 1.06. The lowest BCUT2D eigenvalue weighted by molar-refractivity contribution is 0.907. The van der Waals surface area contributed by atoms with Crippen molar-refractivity contribution in [2.24, 2.45) is 0 Å². The van der Waals surface area contributed by atoms with Crippen LogP contribution in [0.2, 0.25) is 0 Å². The monoisotopic (exact) mass is 180 g/mol. The van der Waals surface area contributed by atoms with Crippen molar-refractivity contribution in [3.63, 3.8) is 0 Å². The van der Waals surface area contributed by atoms with Crippen LogP contribution in [0.15, 0.2) is 36.5 Å². The van der Waals surface area contributed by atoms with Crippen LogP contribution in [0.3, 0.4) is 0 Å². The maximum atomic E-state index is 3.79. The molecule has 0 aliphatic carbocycles. The van der Waals surface area contributed by atoms with Gasteiger partial charge in [0.1, 0.15) is 0 Å². The normalized spacial score (nSPS) is 10.8. The van der Waals surface area contributed by atoms with Crippen LogP contribution in [0.1, 0.15) is 47.0 Å². The van der Waals surface area contributed by atoms with Gasteiger partial charge in [0.05, 0.1) is 0 Å². The third-order valence-corrected chi connectivity index (χ3v) is 1.81. The van der Waals surface area contributed by atoms with Crippen molar-refractivity contribution in [3.8, 4) is 0 Å². The second kappa shape index (κ2) is 11.2. The highest BCUT2D eigenvalue weighted by molar-refractivity contribution is 5.30. The number of hydrogen-bond donors (Lipinski definition) is 0. The van der Waals surface area contributed by atoms with E-state index in [-0.39, 0.29) is 0 Å². The van der Waals surface area contributed by atoms with Gasteiger partial charge in [-0.2, -0.15) is 0 Å². The molecule has 0 saturated carbocycles. The standard InChI is InChI=1S/C11H18.C2H6/c1-5-9-11(8-4)10(6-2)7-3;1-2/h6,8H,2,4-5,7,9H2,1,3H3;1-2H3/b11-10-;. The SMILES string of the molecule is C=C/C(CC)=C(\C=C)CCC.CC. The molecule has 0 heterocycles. The van der Waals surface area contributed by atoms with Gasteiger partial charge in [-0.25, -0.2) is 0 Å². The Balaban J connectivity index is 0. The van der Waals surface area contributed by atoms with Crippen LogP contribution in [0.5, 0.6) is 0 Å². The average molecular weight is 180 g/mol. The number of hydrogen-bond acceptors (Lipinski definition) is 0. The molecule has 0 N–H and O–H groups in total. The zero-order chi connectivity index (χ0) is 10.7. The van der Waals surface area contributed by atoms with E-state index in [1.165, 1.54) is 17.6 Å². The highest BCUT2D eigenvalue weighted by Gasteiger charge is 1.95. The molecule has 0 aromatic rings. The van der Waals surface area contributed by atoms with Gasteiger partial charge in [0.15, 0.2) is 0 Å². The summed E-state index contributed by atoms with van der Waals surface area (Å²) in [6.45, 7) is 15.9. The molecular weight excluding hydrogens is 156 g/mol. The van der Waals surface area contributed by atoms with Crippen LogP contribution in [0, 0.1) is 0 Å². The highest BCUT2D eigenvalue weighted by Crippen LogP contribution is 2.15. The third kappa shape index (κ3) is 6.39. The average Bonchev–Trinajstić information content (AvgIpc) is 2.21. The van der Waals surface area contributed by atoms with E-state index in [2.05, 4.69) is 27.0 Å². The van der Waals surface area contributed by atoms with Gasteiger partial charge in [0, 0.05) is 0 Å². The molecule has 0 nitrogen and oxygen atoms in total. The summed E-state index contributed by atoms with van der Waals surface area (Å²) in [5.74, 6) is 0. The van der Waals surface area contributed by atoms with E-state index in [0.29, 0.717) is 0 Å². The molecule has 0 spiro atoms. The minimum atomic E-state index is 1.06. The summed E-state index contributed by atoms with van der Waals surface area (Å²) in [7, 11) is 0. The molecule has 0 aliphatic rings. The summed E-state index contributed by atoms with van der Waals surface area (Å²) in [4.78, 5) is 0. The molecular formula is C13H24. The van der Waals surface area contributed by atoms with Crippen molar-refractivity contribution in [2.75, 3.05) is 0 Å². The molecule has 0 aromatic carbocycles. The zero-order valence-electron chi connectivity index (χ0n) is 9.69. The number of allylic oxidation sites excluding steroid dienone is 4. The molecule has 0 bridgehead atoms. The maximum Gasteiger partial charge on any atom is -0.0279 e. The van der Waals surface area contributed by atoms with Crippen LogP contribution < -0.4 is 0 Å². The van der Waals surface area contributed by atoms with Gasteiger partial charge in [-0.05, 0) is 24.0 Å². The summed E-state index contributed by atoms with van der Waals surface area (Å²) in [5, 5.41) is 0. The Morgan fingerprint density at radius 3 is 1.69 bits per heavy atom. The summed E-state index contributed by atoms with van der Waals surface area (Å²) < 4.78 is 0. The Labute approximate surface area is 84.1 Å². The Morgan fingerprint density at radius 1 is 1.00 bits per heavy atom. The van der Waals surface area contributed by atoms with Gasteiger partial charge in [-0.15, -0.1) is 0 Å². The Kier molecular flexibility index (Phi) is 12.7. The molecule has 13 heavy (non-hydrogen) atoms. The fourth-order valence-corrected chi connectivity index (χ4v) is 1.17. The van der Waals surface area contributed by atoms with Crippen molar-refractivity contribution >= 4 is 0 Å². The predicted molar refractivity (Wildman–Crippen MR) is 64.0 cm³/mol. The van der Waals surface area contributed by atoms with E-state index in [0.717, 1.165) is 12.8 Å². The molecule has 0 atom stereocenters. The Hall–Kier alpha value is -0.780. The second-order valence-corrected chi connectivity index (χ2v) is 2.56. The Bertz CT molecular complexity index is 161. The molecule has 0 fully saturated rings. The lowest BCUT2D eigenvalue weighted by Gasteiger charge is -2.04. The zero-order valence-corrected chi connectivity index (χ0v) is 9.69.